The van der Waals surface area contributed by atoms with Crippen molar-refractivity contribution in [2.75, 3.05) is 18.4 Å². The third kappa shape index (κ3) is 5.26. The first-order valence-corrected chi connectivity index (χ1v) is 13.5. The number of nitrogens with one attached hydrogen (secondary N) is 1. The number of nitrogens with zero attached hydrogens (tertiary/aromatic N) is 3. The quantitative estimate of drug-likeness (QED) is 0.322. The molecule has 8 heteroatoms. The summed E-state index contributed by atoms with van der Waals surface area (Å²) >= 11 is 1.35. The molecule has 0 bridgehead atoms. The molecular weight excluding hydrogens is 484 g/mol. The summed E-state index contributed by atoms with van der Waals surface area (Å²) in [7, 11) is 0. The zero-order valence-corrected chi connectivity index (χ0v) is 22.1. The fourth-order valence-corrected chi connectivity index (χ4v) is 5.36. The van der Waals surface area contributed by atoms with Gasteiger partial charge in [0.25, 0.3) is 5.91 Å². The summed E-state index contributed by atoms with van der Waals surface area (Å²) in [5.41, 5.74) is 6.06. The minimum Gasteiger partial charge on any atom is -0.449 e. The number of anilines is 1. The summed E-state index contributed by atoms with van der Waals surface area (Å²) in [6.45, 7) is 8.40. The van der Waals surface area contributed by atoms with E-state index in [0.717, 1.165) is 52.9 Å². The molecule has 37 heavy (non-hydrogen) atoms. The molecule has 0 spiro atoms. The average Bonchev–Trinajstić information content (AvgIpc) is 3.38. The standard InChI is InChI=1S/C29H30N4O3S/c1-4-25(27(34)32-29-31-24(17-37-29)19-12-10-18(3)11-13-19)36-28(35)26-20-8-6-7-9-22(20)30-23-14-15-33(5-2)16-21(23)26/h6-13,17,25H,4-5,14-16H2,1-3H3,(H,31,32,34). The Balaban J connectivity index is 1.37. The molecule has 5 rings (SSSR count). The van der Waals surface area contributed by atoms with Gasteiger partial charge in [-0.25, -0.2) is 9.78 Å². The van der Waals surface area contributed by atoms with E-state index < -0.39 is 12.1 Å². The molecule has 4 aromatic rings. The fraction of sp³-hybridized carbons (Fsp3) is 0.310. The van der Waals surface area contributed by atoms with Crippen molar-refractivity contribution >= 4 is 39.2 Å². The number of carbonyl (C=O) groups is 2. The van der Waals surface area contributed by atoms with E-state index >= 15 is 0 Å². The van der Waals surface area contributed by atoms with Crippen molar-refractivity contribution in [1.82, 2.24) is 14.9 Å². The molecule has 1 aliphatic heterocycles. The maximum atomic E-state index is 13.6. The Morgan fingerprint density at radius 3 is 2.65 bits per heavy atom. The lowest BCUT2D eigenvalue weighted by Gasteiger charge is -2.29. The zero-order valence-electron chi connectivity index (χ0n) is 21.3. The summed E-state index contributed by atoms with van der Waals surface area (Å²) in [6.07, 6.45) is 0.187. The van der Waals surface area contributed by atoms with E-state index in [1.165, 1.54) is 16.9 Å². The second kappa shape index (κ2) is 10.8. The molecule has 0 radical (unpaired) electrons. The first kappa shape index (κ1) is 25.0. The molecule has 1 N–H and O–H groups in total. The lowest BCUT2D eigenvalue weighted by molar-refractivity contribution is -0.124. The number of esters is 1. The minimum atomic E-state index is -0.937. The van der Waals surface area contributed by atoms with Crippen LogP contribution < -0.4 is 5.32 Å². The SMILES string of the molecule is CCC(OC(=O)c1c2c(nc3ccccc13)CCN(CC)C2)C(=O)Nc1nc(-c2ccc(C)cc2)cs1. The van der Waals surface area contributed by atoms with Crippen molar-refractivity contribution in [1.29, 1.82) is 0 Å². The van der Waals surface area contributed by atoms with Gasteiger partial charge in [-0.1, -0.05) is 61.9 Å². The van der Waals surface area contributed by atoms with Crippen molar-refractivity contribution in [3.8, 4) is 11.3 Å². The Hall–Kier alpha value is -3.62. The molecule has 3 heterocycles. The van der Waals surface area contributed by atoms with Gasteiger partial charge in [-0.05, 0) is 26.0 Å². The van der Waals surface area contributed by atoms with E-state index in [0.29, 0.717) is 23.7 Å². The van der Waals surface area contributed by atoms with Crippen molar-refractivity contribution in [2.24, 2.45) is 0 Å². The number of para-hydroxylation sites is 1. The van der Waals surface area contributed by atoms with Crippen LogP contribution in [0.1, 0.15) is 47.4 Å². The highest BCUT2D eigenvalue weighted by atomic mass is 32.1. The van der Waals surface area contributed by atoms with E-state index in [1.54, 1.807) is 0 Å². The summed E-state index contributed by atoms with van der Waals surface area (Å²) in [5, 5.41) is 5.97. The topological polar surface area (TPSA) is 84.4 Å². The number of ether oxygens (including phenoxy) is 1. The molecule has 0 aliphatic carbocycles. The van der Waals surface area contributed by atoms with Crippen molar-refractivity contribution in [3.05, 3.63) is 76.3 Å². The van der Waals surface area contributed by atoms with Gasteiger partial charge in [-0.2, -0.15) is 0 Å². The molecule has 2 aromatic heterocycles. The molecule has 1 unspecified atom stereocenters. The number of aromatic nitrogens is 2. The molecule has 1 aliphatic rings. The molecule has 2 aromatic carbocycles. The van der Waals surface area contributed by atoms with Crippen LogP contribution in [0.4, 0.5) is 5.13 Å². The molecule has 1 amide bonds. The number of thiazole rings is 1. The molecule has 0 saturated carbocycles. The predicted molar refractivity (Wildman–Crippen MR) is 147 cm³/mol. The number of carbonyl (C=O) groups excluding carboxylic acids is 2. The second-order valence-corrected chi connectivity index (χ2v) is 10.1. The number of fused-ring (bicyclic) bond motifs is 2. The number of hydrogen-bond acceptors (Lipinski definition) is 7. The Kier molecular flexibility index (Phi) is 7.30. The largest absolute Gasteiger partial charge is 0.449 e. The van der Waals surface area contributed by atoms with Crippen molar-refractivity contribution < 1.29 is 14.3 Å². The van der Waals surface area contributed by atoms with Gasteiger partial charge in [-0.3, -0.25) is 20.0 Å². The number of hydrogen-bond donors (Lipinski definition) is 1. The summed E-state index contributed by atoms with van der Waals surface area (Å²) in [6, 6.07) is 15.7. The van der Waals surface area contributed by atoms with Crippen molar-refractivity contribution in [3.63, 3.8) is 0 Å². The number of amides is 1. The van der Waals surface area contributed by atoms with Crippen LogP contribution in [0.3, 0.4) is 0 Å². The van der Waals surface area contributed by atoms with Gasteiger partial charge < -0.3 is 4.74 Å². The Morgan fingerprint density at radius 2 is 1.89 bits per heavy atom. The van der Waals surface area contributed by atoms with Crippen LogP contribution in [0.2, 0.25) is 0 Å². The Morgan fingerprint density at radius 1 is 1.11 bits per heavy atom. The maximum absolute atomic E-state index is 13.6. The van der Waals surface area contributed by atoms with Gasteiger partial charge in [0.1, 0.15) is 0 Å². The monoisotopic (exact) mass is 514 g/mol. The van der Waals surface area contributed by atoms with Crippen LogP contribution in [-0.4, -0.2) is 45.9 Å². The minimum absolute atomic E-state index is 0.347. The van der Waals surface area contributed by atoms with E-state index in [9.17, 15) is 9.59 Å². The van der Waals surface area contributed by atoms with Crippen LogP contribution in [-0.2, 0) is 22.5 Å². The number of rotatable bonds is 7. The highest BCUT2D eigenvalue weighted by Crippen LogP contribution is 2.30. The van der Waals surface area contributed by atoms with E-state index in [-0.39, 0.29) is 5.91 Å². The van der Waals surface area contributed by atoms with Gasteiger partial charge in [0.2, 0.25) is 0 Å². The molecule has 0 fully saturated rings. The van der Waals surface area contributed by atoms with E-state index in [4.69, 9.17) is 9.72 Å². The number of pyridine rings is 1. The average molecular weight is 515 g/mol. The van der Waals surface area contributed by atoms with Gasteiger partial charge >= 0.3 is 5.97 Å². The molecular formula is C29H30N4O3S. The number of benzene rings is 2. The normalized spacial score (nSPS) is 14.2. The van der Waals surface area contributed by atoms with E-state index in [1.807, 2.05) is 67.8 Å². The van der Waals surface area contributed by atoms with Crippen LogP contribution in [0.5, 0.6) is 0 Å². The first-order valence-electron chi connectivity index (χ1n) is 12.6. The molecule has 1 atom stereocenters. The zero-order chi connectivity index (χ0) is 25.9. The second-order valence-electron chi connectivity index (χ2n) is 9.24. The Bertz CT molecular complexity index is 1450. The van der Waals surface area contributed by atoms with Crippen molar-refractivity contribution in [2.45, 2.75) is 46.3 Å². The summed E-state index contributed by atoms with van der Waals surface area (Å²) in [4.78, 5) is 38.4. The number of likely N-dealkylation sites (N-methyl/N-ethyl adjacent to an activating group) is 1. The third-order valence-electron chi connectivity index (χ3n) is 6.77. The van der Waals surface area contributed by atoms with E-state index in [2.05, 4.69) is 22.1 Å². The first-order chi connectivity index (χ1) is 18.0. The molecule has 190 valence electrons. The Labute approximate surface area is 220 Å². The van der Waals surface area contributed by atoms with Crippen LogP contribution in [0.25, 0.3) is 22.2 Å². The predicted octanol–water partition coefficient (Wildman–Crippen LogP) is 5.62. The highest BCUT2D eigenvalue weighted by Gasteiger charge is 2.29. The summed E-state index contributed by atoms with van der Waals surface area (Å²) < 4.78 is 5.85. The van der Waals surface area contributed by atoms with Gasteiger partial charge in [-0.15, -0.1) is 11.3 Å². The van der Waals surface area contributed by atoms with Gasteiger partial charge in [0.05, 0.1) is 16.8 Å². The molecule has 7 nitrogen and oxygen atoms in total. The lowest BCUT2D eigenvalue weighted by Crippen LogP contribution is -2.35. The molecule has 0 saturated heterocycles. The smallest absolute Gasteiger partial charge is 0.340 e. The van der Waals surface area contributed by atoms with Gasteiger partial charge in [0, 0.05) is 47.1 Å². The van der Waals surface area contributed by atoms with Crippen LogP contribution in [0, 0.1) is 6.92 Å². The fourth-order valence-electron chi connectivity index (χ4n) is 4.63. The highest BCUT2D eigenvalue weighted by molar-refractivity contribution is 7.14. The third-order valence-corrected chi connectivity index (χ3v) is 7.53. The van der Waals surface area contributed by atoms with Crippen LogP contribution in [0.15, 0.2) is 53.9 Å². The maximum Gasteiger partial charge on any atom is 0.340 e. The number of aryl methyl sites for hydroxylation is 1. The van der Waals surface area contributed by atoms with Crippen LogP contribution >= 0.6 is 11.3 Å². The summed E-state index contributed by atoms with van der Waals surface area (Å²) in [5.74, 6) is -0.877. The van der Waals surface area contributed by atoms with Gasteiger partial charge in [0.15, 0.2) is 11.2 Å². The lowest BCUT2D eigenvalue weighted by atomic mass is 9.95.